The average Bonchev–Trinajstić information content (AvgIpc) is 3.19. The second-order valence-electron chi connectivity index (χ2n) is 6.85. The van der Waals surface area contributed by atoms with Gasteiger partial charge in [0.25, 0.3) is 0 Å². The van der Waals surface area contributed by atoms with E-state index in [9.17, 15) is 18.7 Å². The number of halogens is 2. The molecule has 0 amide bonds. The van der Waals surface area contributed by atoms with Crippen molar-refractivity contribution in [2.24, 2.45) is 0 Å². The van der Waals surface area contributed by atoms with Crippen LogP contribution in [0.1, 0.15) is 21.7 Å². The molecule has 0 unspecified atom stereocenters. The number of benzene rings is 3. The highest BCUT2D eigenvalue weighted by molar-refractivity contribution is 5.88. The second kappa shape index (κ2) is 8.93. The van der Waals surface area contributed by atoms with Gasteiger partial charge in [-0.15, -0.1) is 0 Å². The molecule has 3 aromatic carbocycles. The Morgan fingerprint density at radius 1 is 1.00 bits per heavy atom. The normalized spacial score (nSPS) is 10.8. The zero-order valence-corrected chi connectivity index (χ0v) is 16.9. The number of aromatic nitrogens is 2. The van der Waals surface area contributed by atoms with E-state index in [2.05, 4.69) is 9.97 Å². The minimum atomic E-state index is -1.15. The molecule has 0 aliphatic rings. The Morgan fingerprint density at radius 2 is 1.81 bits per heavy atom. The van der Waals surface area contributed by atoms with Gasteiger partial charge >= 0.3 is 5.97 Å². The summed E-state index contributed by atoms with van der Waals surface area (Å²) < 4.78 is 43.6. The van der Waals surface area contributed by atoms with Crippen LogP contribution in [0.2, 0.25) is 0 Å². The van der Waals surface area contributed by atoms with Gasteiger partial charge in [-0.05, 0) is 42.5 Å². The van der Waals surface area contributed by atoms with E-state index in [4.69, 9.17) is 14.2 Å². The molecule has 0 atom stereocenters. The molecule has 9 heteroatoms. The van der Waals surface area contributed by atoms with E-state index < -0.39 is 17.6 Å². The summed E-state index contributed by atoms with van der Waals surface area (Å²) in [5.74, 6) is -1.05. The molecule has 4 rings (SSSR count). The largest absolute Gasteiger partial charge is 0.497 e. The first-order valence-corrected chi connectivity index (χ1v) is 9.52. The van der Waals surface area contributed by atoms with E-state index in [1.54, 1.807) is 19.2 Å². The molecule has 2 N–H and O–H groups in total. The monoisotopic (exact) mass is 440 g/mol. The number of aromatic amines is 1. The maximum absolute atomic E-state index is 13.9. The van der Waals surface area contributed by atoms with Crippen molar-refractivity contribution in [2.45, 2.75) is 13.2 Å². The molecule has 0 spiro atoms. The van der Waals surface area contributed by atoms with Crippen LogP contribution in [0.25, 0.3) is 11.0 Å². The van der Waals surface area contributed by atoms with Crippen molar-refractivity contribution in [3.63, 3.8) is 0 Å². The zero-order valence-electron chi connectivity index (χ0n) is 16.9. The number of hydrogen-bond acceptors (Lipinski definition) is 5. The third kappa shape index (κ3) is 4.61. The molecular formula is C23H18F2N2O5. The lowest BCUT2D eigenvalue weighted by atomic mass is 10.2. The Balaban J connectivity index is 1.54. The molecule has 0 saturated carbocycles. The van der Waals surface area contributed by atoms with Crippen molar-refractivity contribution in [2.75, 3.05) is 7.11 Å². The molecule has 0 bridgehead atoms. The van der Waals surface area contributed by atoms with E-state index in [0.717, 1.165) is 23.2 Å². The van der Waals surface area contributed by atoms with Crippen LogP contribution in [0, 0.1) is 11.6 Å². The Morgan fingerprint density at radius 3 is 2.56 bits per heavy atom. The van der Waals surface area contributed by atoms with Crippen LogP contribution in [0.4, 0.5) is 8.78 Å². The van der Waals surface area contributed by atoms with Crippen molar-refractivity contribution in [3.8, 4) is 17.2 Å². The average molecular weight is 440 g/mol. The fourth-order valence-electron chi connectivity index (χ4n) is 3.05. The number of ether oxygens (including phenoxy) is 3. The van der Waals surface area contributed by atoms with Crippen LogP contribution in [0.3, 0.4) is 0 Å². The summed E-state index contributed by atoms with van der Waals surface area (Å²) >= 11 is 0. The van der Waals surface area contributed by atoms with Crippen molar-refractivity contribution in [3.05, 3.63) is 83.2 Å². The van der Waals surface area contributed by atoms with Gasteiger partial charge in [0.15, 0.2) is 11.5 Å². The number of imidazole rings is 1. The summed E-state index contributed by atoms with van der Waals surface area (Å²) in [5, 5.41) is 9.27. The predicted octanol–water partition coefficient (Wildman–Crippen LogP) is 4.71. The summed E-state index contributed by atoms with van der Waals surface area (Å²) in [5.41, 5.74) is 1.59. The van der Waals surface area contributed by atoms with Crippen molar-refractivity contribution in [1.29, 1.82) is 0 Å². The molecule has 0 saturated heterocycles. The molecule has 4 aromatic rings. The molecule has 0 radical (unpaired) electrons. The Hall–Kier alpha value is -4.14. The maximum Gasteiger partial charge on any atom is 0.335 e. The van der Waals surface area contributed by atoms with Crippen LogP contribution in [-0.4, -0.2) is 28.2 Å². The summed E-state index contributed by atoms with van der Waals surface area (Å²) in [6.45, 7) is -0.194. The number of nitrogens with zero attached hydrogens (tertiary/aromatic N) is 1. The number of aromatic carboxylic acids is 1. The highest BCUT2D eigenvalue weighted by atomic mass is 19.1. The first kappa shape index (κ1) is 21.1. The third-order valence-electron chi connectivity index (χ3n) is 4.69. The van der Waals surface area contributed by atoms with Gasteiger partial charge in [0.2, 0.25) is 0 Å². The number of carboxylic acid groups (broad SMARTS) is 1. The molecular weight excluding hydrogens is 422 g/mol. The van der Waals surface area contributed by atoms with Crippen LogP contribution in [0.15, 0.2) is 54.6 Å². The SMILES string of the molecule is COc1ccc2nc(COc3ccc(C(=O)O)cc3OCc3ccc(F)cc3F)[nH]c2c1. The van der Waals surface area contributed by atoms with E-state index >= 15 is 0 Å². The van der Waals surface area contributed by atoms with Gasteiger partial charge in [-0.2, -0.15) is 0 Å². The van der Waals surface area contributed by atoms with Gasteiger partial charge in [0.05, 0.1) is 23.7 Å². The van der Waals surface area contributed by atoms with E-state index in [1.165, 1.54) is 24.3 Å². The minimum Gasteiger partial charge on any atom is -0.497 e. The quantitative estimate of drug-likeness (QED) is 0.412. The smallest absolute Gasteiger partial charge is 0.335 e. The number of nitrogens with one attached hydrogen (secondary N) is 1. The third-order valence-corrected chi connectivity index (χ3v) is 4.69. The summed E-state index contributed by atoms with van der Waals surface area (Å²) in [6.07, 6.45) is 0. The van der Waals surface area contributed by atoms with E-state index in [-0.39, 0.29) is 35.8 Å². The summed E-state index contributed by atoms with van der Waals surface area (Å²) in [4.78, 5) is 18.9. The number of hydrogen-bond donors (Lipinski definition) is 2. The number of methoxy groups -OCH3 is 1. The van der Waals surface area contributed by atoms with Crippen LogP contribution < -0.4 is 14.2 Å². The topological polar surface area (TPSA) is 93.7 Å². The summed E-state index contributed by atoms with van der Waals surface area (Å²) in [7, 11) is 1.57. The molecule has 0 aliphatic heterocycles. The van der Waals surface area contributed by atoms with Gasteiger partial charge in [0.1, 0.15) is 36.4 Å². The van der Waals surface area contributed by atoms with Gasteiger partial charge in [-0.25, -0.2) is 18.6 Å². The number of H-pyrrole nitrogens is 1. The highest BCUT2D eigenvalue weighted by Gasteiger charge is 2.14. The van der Waals surface area contributed by atoms with Crippen LogP contribution in [0.5, 0.6) is 17.2 Å². The highest BCUT2D eigenvalue weighted by Crippen LogP contribution is 2.30. The van der Waals surface area contributed by atoms with Crippen molar-refractivity contribution < 1.29 is 32.9 Å². The maximum atomic E-state index is 13.9. The Labute approximate surface area is 181 Å². The molecule has 0 fully saturated rings. The lowest BCUT2D eigenvalue weighted by Crippen LogP contribution is -2.05. The molecule has 0 aliphatic carbocycles. The van der Waals surface area contributed by atoms with Crippen molar-refractivity contribution in [1.82, 2.24) is 9.97 Å². The predicted molar refractivity (Wildman–Crippen MR) is 111 cm³/mol. The summed E-state index contributed by atoms with van der Waals surface area (Å²) in [6, 6.07) is 12.6. The van der Waals surface area contributed by atoms with Crippen LogP contribution in [-0.2, 0) is 13.2 Å². The molecule has 32 heavy (non-hydrogen) atoms. The van der Waals surface area contributed by atoms with Crippen molar-refractivity contribution >= 4 is 17.0 Å². The van der Waals surface area contributed by atoms with Gasteiger partial charge in [-0.3, -0.25) is 0 Å². The lowest BCUT2D eigenvalue weighted by molar-refractivity contribution is 0.0696. The van der Waals surface area contributed by atoms with Crippen LogP contribution >= 0.6 is 0 Å². The van der Waals surface area contributed by atoms with E-state index in [0.29, 0.717) is 11.6 Å². The Bertz CT molecular complexity index is 1290. The fraction of sp³-hybridized carbons (Fsp3) is 0.130. The molecule has 164 valence electrons. The first-order chi connectivity index (χ1) is 15.4. The molecule has 7 nitrogen and oxygen atoms in total. The van der Waals surface area contributed by atoms with Gasteiger partial charge in [0, 0.05) is 17.7 Å². The number of carboxylic acids is 1. The van der Waals surface area contributed by atoms with Gasteiger partial charge < -0.3 is 24.3 Å². The second-order valence-corrected chi connectivity index (χ2v) is 6.85. The number of fused-ring (bicyclic) bond motifs is 1. The van der Waals surface area contributed by atoms with Gasteiger partial charge in [-0.1, -0.05) is 0 Å². The first-order valence-electron chi connectivity index (χ1n) is 9.52. The van der Waals surface area contributed by atoms with E-state index in [1.807, 2.05) is 6.07 Å². The number of carbonyl (C=O) groups is 1. The zero-order chi connectivity index (χ0) is 22.7. The standard InChI is InChI=1S/C23H18F2N2O5/c1-30-16-5-6-18-19(10-16)27-22(26-18)12-32-20-7-3-13(23(28)29)8-21(20)31-11-14-2-4-15(24)9-17(14)25/h2-10H,11-12H2,1H3,(H,26,27)(H,28,29). The lowest BCUT2D eigenvalue weighted by Gasteiger charge is -2.13. The Kier molecular flexibility index (Phi) is 5.89. The molecule has 1 heterocycles. The molecule has 1 aromatic heterocycles. The number of rotatable bonds is 8. The fourth-order valence-corrected chi connectivity index (χ4v) is 3.05. The minimum absolute atomic E-state index is 0.0252.